The Bertz CT molecular complexity index is 1580. The normalized spacial score (nSPS) is 18.2. The number of nitrogens with one attached hydrogen (secondary N) is 2. The molecule has 0 atom stereocenters. The average Bonchev–Trinajstić information content (AvgIpc) is 3.52. The lowest BCUT2D eigenvalue weighted by atomic mass is 9.81. The fourth-order valence-electron chi connectivity index (χ4n) is 5.65. The van der Waals surface area contributed by atoms with Crippen molar-refractivity contribution in [3.8, 4) is 10.6 Å². The van der Waals surface area contributed by atoms with E-state index >= 15 is 0 Å². The van der Waals surface area contributed by atoms with E-state index in [1.54, 1.807) is 46.9 Å². The number of nitrogens with zero attached hydrogens (tertiary/aromatic N) is 2. The van der Waals surface area contributed by atoms with E-state index in [0.29, 0.717) is 11.3 Å². The number of anilines is 2. The minimum atomic E-state index is -0.295. The van der Waals surface area contributed by atoms with E-state index in [9.17, 15) is 14.4 Å². The van der Waals surface area contributed by atoms with Crippen LogP contribution >= 0.6 is 22.7 Å². The maximum absolute atomic E-state index is 13.6. The molecule has 2 aromatic carbocycles. The molecule has 7 nitrogen and oxygen atoms in total. The number of hydrogen-bond acceptors (Lipinski definition) is 7. The molecule has 1 fully saturated rings. The van der Waals surface area contributed by atoms with Gasteiger partial charge < -0.3 is 10.6 Å². The van der Waals surface area contributed by atoms with Crippen LogP contribution in [-0.4, -0.2) is 28.2 Å². The third kappa shape index (κ3) is 4.24. The maximum Gasteiger partial charge on any atom is 0.256 e. The lowest BCUT2D eigenvalue weighted by Crippen LogP contribution is -2.54. The van der Waals surface area contributed by atoms with Gasteiger partial charge in [0.15, 0.2) is 0 Å². The van der Waals surface area contributed by atoms with Crippen LogP contribution in [0.15, 0.2) is 48.5 Å². The van der Waals surface area contributed by atoms with E-state index in [1.807, 2.05) is 18.2 Å². The number of para-hydroxylation sites is 1. The third-order valence-corrected chi connectivity index (χ3v) is 9.52. The second-order valence-electron chi connectivity index (χ2n) is 11.0. The van der Waals surface area contributed by atoms with Gasteiger partial charge in [-0.1, -0.05) is 18.2 Å². The van der Waals surface area contributed by atoms with Gasteiger partial charge in [-0.15, -0.1) is 22.7 Å². The van der Waals surface area contributed by atoms with Crippen LogP contribution in [0.5, 0.6) is 0 Å². The van der Waals surface area contributed by atoms with Gasteiger partial charge in [-0.3, -0.25) is 19.3 Å². The van der Waals surface area contributed by atoms with Crippen LogP contribution in [0.4, 0.5) is 10.7 Å². The highest BCUT2D eigenvalue weighted by molar-refractivity contribution is 7.23. The molecule has 0 radical (unpaired) electrons. The number of aromatic nitrogens is 1. The van der Waals surface area contributed by atoms with Crippen molar-refractivity contribution in [2.75, 3.05) is 10.2 Å². The molecule has 9 heteroatoms. The third-order valence-electron chi connectivity index (χ3n) is 7.00. The van der Waals surface area contributed by atoms with E-state index in [-0.39, 0.29) is 41.6 Å². The first kappa shape index (κ1) is 24.9. The Morgan fingerprint density at radius 1 is 1.00 bits per heavy atom. The van der Waals surface area contributed by atoms with Gasteiger partial charge in [0, 0.05) is 39.9 Å². The van der Waals surface area contributed by atoms with Crippen molar-refractivity contribution < 1.29 is 14.4 Å². The summed E-state index contributed by atoms with van der Waals surface area (Å²) in [6.07, 6.45) is 1.20. The second-order valence-corrected chi connectivity index (χ2v) is 13.1. The van der Waals surface area contributed by atoms with Gasteiger partial charge in [-0.2, -0.15) is 0 Å². The van der Waals surface area contributed by atoms with Crippen molar-refractivity contribution in [3.63, 3.8) is 0 Å². The molecule has 0 bridgehead atoms. The van der Waals surface area contributed by atoms with Gasteiger partial charge >= 0.3 is 0 Å². The first-order valence-corrected chi connectivity index (χ1v) is 14.2. The van der Waals surface area contributed by atoms with E-state index in [2.05, 4.69) is 44.4 Å². The molecule has 1 saturated heterocycles. The summed E-state index contributed by atoms with van der Waals surface area (Å²) in [5.41, 5.74) is 3.51. The predicted molar refractivity (Wildman–Crippen MR) is 153 cm³/mol. The number of benzene rings is 2. The first-order valence-electron chi connectivity index (χ1n) is 12.6. The van der Waals surface area contributed by atoms with E-state index in [1.165, 1.54) is 15.3 Å². The van der Waals surface area contributed by atoms with Gasteiger partial charge in [0.2, 0.25) is 11.8 Å². The Morgan fingerprint density at radius 2 is 1.74 bits per heavy atom. The second kappa shape index (κ2) is 8.83. The molecule has 6 rings (SSSR count). The van der Waals surface area contributed by atoms with E-state index in [0.717, 1.165) is 32.2 Å². The summed E-state index contributed by atoms with van der Waals surface area (Å²) in [7, 11) is 0. The van der Waals surface area contributed by atoms with Gasteiger partial charge in [0.05, 0.1) is 15.9 Å². The Morgan fingerprint density at radius 3 is 2.47 bits per heavy atom. The molecular formula is C29H28N4O3S2. The van der Waals surface area contributed by atoms with Crippen LogP contribution in [0.25, 0.3) is 20.8 Å². The van der Waals surface area contributed by atoms with Gasteiger partial charge in [-0.25, -0.2) is 4.98 Å². The molecule has 2 aliphatic rings. The van der Waals surface area contributed by atoms with E-state index in [4.69, 9.17) is 4.98 Å². The van der Waals surface area contributed by atoms with Crippen LogP contribution in [0.2, 0.25) is 0 Å². The van der Waals surface area contributed by atoms with Crippen molar-refractivity contribution in [2.45, 2.75) is 58.0 Å². The lowest BCUT2D eigenvalue weighted by molar-refractivity contribution is -0.121. The molecule has 3 amide bonds. The Labute approximate surface area is 228 Å². The fraction of sp³-hybridized carbons (Fsp3) is 0.310. The molecule has 2 aliphatic heterocycles. The minimum absolute atomic E-state index is 0.132. The van der Waals surface area contributed by atoms with Crippen molar-refractivity contribution in [3.05, 3.63) is 64.5 Å². The highest BCUT2D eigenvalue weighted by atomic mass is 32.1. The molecule has 0 spiro atoms. The Hall–Kier alpha value is -3.40. The molecule has 0 unspecified atom stereocenters. The smallest absolute Gasteiger partial charge is 0.256 e. The molecule has 2 aromatic heterocycles. The maximum atomic E-state index is 13.6. The number of thiazole rings is 1. The van der Waals surface area contributed by atoms with Crippen LogP contribution in [0.3, 0.4) is 0 Å². The Kier molecular flexibility index (Phi) is 5.79. The SMILES string of the molecule is CC1(C)Cc2c(sc(NC(=O)c3cccc(N4C(=O)CCC4=O)c3)c2-c2nc3ccccc3s2)C(C)(C)N1. The average molecular weight is 545 g/mol. The lowest BCUT2D eigenvalue weighted by Gasteiger charge is -2.42. The molecule has 0 saturated carbocycles. The van der Waals surface area contributed by atoms with Crippen molar-refractivity contribution in [1.29, 1.82) is 0 Å². The topological polar surface area (TPSA) is 91.4 Å². The number of fused-ring (bicyclic) bond motifs is 2. The largest absolute Gasteiger partial charge is 0.313 e. The number of amides is 3. The molecule has 38 heavy (non-hydrogen) atoms. The highest BCUT2D eigenvalue weighted by Gasteiger charge is 2.41. The van der Waals surface area contributed by atoms with Gasteiger partial charge in [-0.05, 0) is 70.0 Å². The molecule has 4 heterocycles. The number of carbonyl (C=O) groups is 3. The van der Waals surface area contributed by atoms with Crippen LogP contribution in [0, 0.1) is 0 Å². The van der Waals surface area contributed by atoms with Crippen LogP contribution < -0.4 is 15.5 Å². The zero-order chi connectivity index (χ0) is 26.8. The van der Waals surface area contributed by atoms with Crippen molar-refractivity contribution in [2.24, 2.45) is 0 Å². The van der Waals surface area contributed by atoms with Crippen LogP contribution in [-0.2, 0) is 21.5 Å². The number of rotatable bonds is 4. The summed E-state index contributed by atoms with van der Waals surface area (Å²) in [6.45, 7) is 8.74. The monoisotopic (exact) mass is 544 g/mol. The van der Waals surface area contributed by atoms with Crippen molar-refractivity contribution >= 4 is 61.3 Å². The summed E-state index contributed by atoms with van der Waals surface area (Å²) in [4.78, 5) is 45.4. The number of thiophene rings is 1. The molecule has 2 N–H and O–H groups in total. The number of hydrogen-bond donors (Lipinski definition) is 2. The number of imide groups is 1. The Balaban J connectivity index is 1.43. The summed E-state index contributed by atoms with van der Waals surface area (Å²) in [5, 5.41) is 8.55. The van der Waals surface area contributed by atoms with E-state index < -0.39 is 0 Å². The summed E-state index contributed by atoms with van der Waals surface area (Å²) in [6, 6.07) is 14.8. The van der Waals surface area contributed by atoms with Crippen molar-refractivity contribution in [1.82, 2.24) is 10.3 Å². The van der Waals surface area contributed by atoms with Crippen LogP contribution in [0.1, 0.15) is 61.3 Å². The molecule has 4 aromatic rings. The van der Waals surface area contributed by atoms with Gasteiger partial charge in [0.25, 0.3) is 5.91 Å². The minimum Gasteiger partial charge on any atom is -0.313 e. The summed E-state index contributed by atoms with van der Waals surface area (Å²) in [5.74, 6) is -0.778. The standard InChI is InChI=1S/C29H28N4O3S2/c1-28(2)15-18-23(26-30-19-10-5-6-11-20(19)37-26)27(38-24(18)29(3,4)32-28)31-25(36)16-8-7-9-17(14-16)33-21(34)12-13-22(33)35/h5-11,14,32H,12-13,15H2,1-4H3,(H,31,36). The summed E-state index contributed by atoms with van der Waals surface area (Å²) >= 11 is 3.21. The highest BCUT2D eigenvalue weighted by Crippen LogP contribution is 2.50. The first-order chi connectivity index (χ1) is 18.0. The quantitative estimate of drug-likeness (QED) is 0.304. The molecule has 0 aliphatic carbocycles. The van der Waals surface area contributed by atoms with Gasteiger partial charge in [0.1, 0.15) is 10.0 Å². The zero-order valence-corrected chi connectivity index (χ0v) is 23.3. The fourth-order valence-corrected chi connectivity index (χ4v) is 8.03. The molecular weight excluding hydrogens is 516 g/mol. The summed E-state index contributed by atoms with van der Waals surface area (Å²) < 4.78 is 1.10. The zero-order valence-electron chi connectivity index (χ0n) is 21.7. The number of carbonyl (C=O) groups excluding carboxylic acids is 3. The predicted octanol–water partition coefficient (Wildman–Crippen LogP) is 6.09. The molecule has 194 valence electrons.